The molecule has 0 aliphatic carbocycles. The van der Waals surface area contributed by atoms with Gasteiger partial charge in [0.25, 0.3) is 0 Å². The number of amides is 1. The number of morpholine rings is 1. The molecular weight excluding hydrogens is 400 g/mol. The van der Waals surface area contributed by atoms with Crippen molar-refractivity contribution in [3.05, 3.63) is 22.7 Å². The van der Waals surface area contributed by atoms with Gasteiger partial charge in [0.15, 0.2) is 0 Å². The van der Waals surface area contributed by atoms with Crippen LogP contribution in [-0.4, -0.2) is 72.6 Å². The predicted octanol–water partition coefficient (Wildman–Crippen LogP) is 1.77. The third-order valence-electron chi connectivity index (χ3n) is 5.23. The molecule has 2 aromatic rings. The maximum Gasteiger partial charge on any atom is 0.244 e. The number of hydrogen-bond donors (Lipinski definition) is 1. The standard InChI is InChI=1S/C18H24N4O4S2/c1-12-10-14(20-19-12)16-11-17(13(2)27-16)28(24,25)22-5-3-4-15(22)18(23)21-6-8-26-9-7-21/h10-11,15H,3-9H2,1-2H3,(H,19,20)/t15-/m0/s1. The molecule has 0 radical (unpaired) electrons. The summed E-state index contributed by atoms with van der Waals surface area (Å²) in [7, 11) is -3.76. The predicted molar refractivity (Wildman–Crippen MR) is 106 cm³/mol. The summed E-state index contributed by atoms with van der Waals surface area (Å²) in [6.45, 7) is 6.11. The Balaban J connectivity index is 1.62. The summed E-state index contributed by atoms with van der Waals surface area (Å²) in [6, 6.07) is 2.94. The van der Waals surface area contributed by atoms with Gasteiger partial charge in [-0.1, -0.05) is 0 Å². The number of hydrogen-bond acceptors (Lipinski definition) is 6. The fourth-order valence-electron chi connectivity index (χ4n) is 3.79. The Bertz CT molecular complexity index is 976. The van der Waals surface area contributed by atoms with Crippen LogP contribution in [0, 0.1) is 13.8 Å². The van der Waals surface area contributed by atoms with Crippen molar-refractivity contribution < 1.29 is 17.9 Å². The zero-order chi connectivity index (χ0) is 19.9. The zero-order valence-electron chi connectivity index (χ0n) is 16.0. The maximum absolute atomic E-state index is 13.4. The van der Waals surface area contributed by atoms with Crippen molar-refractivity contribution in [2.45, 2.75) is 37.6 Å². The Labute approximate surface area is 168 Å². The SMILES string of the molecule is Cc1cc(-c2cc(S(=O)(=O)N3CCC[C@H]3C(=O)N3CCOCC3)c(C)s2)n[nH]1. The molecule has 152 valence electrons. The van der Waals surface area contributed by atoms with Crippen molar-refractivity contribution >= 4 is 27.3 Å². The fourth-order valence-corrected chi connectivity index (χ4v) is 6.96. The zero-order valence-corrected chi connectivity index (χ0v) is 17.6. The Morgan fingerprint density at radius 1 is 1.25 bits per heavy atom. The summed E-state index contributed by atoms with van der Waals surface area (Å²) in [5, 5.41) is 7.11. The fraction of sp³-hybridized carbons (Fsp3) is 0.556. The first-order chi connectivity index (χ1) is 13.4. The Kier molecular flexibility index (Phi) is 5.30. The highest BCUT2D eigenvalue weighted by Crippen LogP contribution is 2.36. The van der Waals surface area contributed by atoms with Crippen molar-refractivity contribution in [3.8, 4) is 10.6 Å². The van der Waals surface area contributed by atoms with Crippen molar-refractivity contribution in [1.82, 2.24) is 19.4 Å². The number of nitrogens with zero attached hydrogens (tertiary/aromatic N) is 3. The number of sulfonamides is 1. The molecule has 2 saturated heterocycles. The normalized spacial score (nSPS) is 21.4. The second-order valence-corrected chi connectivity index (χ2v) is 10.3. The second kappa shape index (κ2) is 7.58. The van der Waals surface area contributed by atoms with Crippen LogP contribution in [0.15, 0.2) is 17.0 Å². The number of aryl methyl sites for hydroxylation is 2. The van der Waals surface area contributed by atoms with Gasteiger partial charge in [-0.2, -0.15) is 9.40 Å². The largest absolute Gasteiger partial charge is 0.378 e. The van der Waals surface area contributed by atoms with Gasteiger partial charge in [0.05, 0.1) is 23.0 Å². The second-order valence-electron chi connectivity index (χ2n) is 7.18. The molecule has 28 heavy (non-hydrogen) atoms. The molecule has 0 unspecified atom stereocenters. The van der Waals surface area contributed by atoms with E-state index in [9.17, 15) is 13.2 Å². The van der Waals surface area contributed by atoms with E-state index in [1.807, 2.05) is 13.0 Å². The molecule has 0 spiro atoms. The molecular formula is C18H24N4O4S2. The first kappa shape index (κ1) is 19.6. The van der Waals surface area contributed by atoms with E-state index in [1.54, 1.807) is 17.9 Å². The van der Waals surface area contributed by atoms with Crippen LogP contribution < -0.4 is 0 Å². The lowest BCUT2D eigenvalue weighted by Gasteiger charge is -2.32. The highest BCUT2D eigenvalue weighted by atomic mass is 32.2. The minimum Gasteiger partial charge on any atom is -0.378 e. The van der Waals surface area contributed by atoms with Gasteiger partial charge in [0, 0.05) is 30.2 Å². The number of thiophene rings is 1. The molecule has 10 heteroatoms. The molecule has 1 atom stereocenters. The molecule has 2 fully saturated rings. The van der Waals surface area contributed by atoms with Gasteiger partial charge in [-0.25, -0.2) is 8.42 Å². The minimum atomic E-state index is -3.76. The Hall–Kier alpha value is -1.75. The van der Waals surface area contributed by atoms with Crippen molar-refractivity contribution in [2.24, 2.45) is 0 Å². The van der Waals surface area contributed by atoms with Crippen LogP contribution in [0.4, 0.5) is 0 Å². The minimum absolute atomic E-state index is 0.111. The molecule has 8 nitrogen and oxygen atoms in total. The number of carbonyl (C=O) groups excluding carboxylic acids is 1. The third-order valence-corrected chi connectivity index (χ3v) is 8.47. The van der Waals surface area contributed by atoms with E-state index in [0.29, 0.717) is 50.6 Å². The topological polar surface area (TPSA) is 95.6 Å². The summed E-state index contributed by atoms with van der Waals surface area (Å²) in [6.07, 6.45) is 1.25. The van der Waals surface area contributed by atoms with Crippen LogP contribution in [0.1, 0.15) is 23.4 Å². The average molecular weight is 425 g/mol. The van der Waals surface area contributed by atoms with Gasteiger partial charge in [-0.05, 0) is 38.8 Å². The Morgan fingerprint density at radius 3 is 2.68 bits per heavy atom. The summed E-state index contributed by atoms with van der Waals surface area (Å²) >= 11 is 1.40. The van der Waals surface area contributed by atoms with Crippen molar-refractivity contribution in [2.75, 3.05) is 32.8 Å². The van der Waals surface area contributed by atoms with Crippen molar-refractivity contribution in [3.63, 3.8) is 0 Å². The van der Waals surface area contributed by atoms with Crippen LogP contribution in [0.3, 0.4) is 0 Å². The van der Waals surface area contributed by atoms with Crippen molar-refractivity contribution in [1.29, 1.82) is 0 Å². The molecule has 1 amide bonds. The molecule has 2 aliphatic rings. The number of aromatic amines is 1. The van der Waals surface area contributed by atoms with Gasteiger partial charge < -0.3 is 9.64 Å². The van der Waals surface area contributed by atoms with Crippen LogP contribution in [-0.2, 0) is 19.6 Å². The number of H-pyrrole nitrogens is 1. The van der Waals surface area contributed by atoms with E-state index >= 15 is 0 Å². The Morgan fingerprint density at radius 2 is 2.00 bits per heavy atom. The average Bonchev–Trinajstić information content (AvgIpc) is 3.41. The number of nitrogens with one attached hydrogen (secondary N) is 1. The monoisotopic (exact) mass is 424 g/mol. The molecule has 2 aromatic heterocycles. The third kappa shape index (κ3) is 3.49. The lowest BCUT2D eigenvalue weighted by molar-refractivity contribution is -0.138. The molecule has 0 bridgehead atoms. The first-order valence-corrected chi connectivity index (χ1v) is 11.6. The molecule has 0 aromatic carbocycles. The smallest absolute Gasteiger partial charge is 0.244 e. The first-order valence-electron chi connectivity index (χ1n) is 9.39. The van der Waals surface area contributed by atoms with Gasteiger partial charge in [-0.3, -0.25) is 9.89 Å². The van der Waals surface area contributed by atoms with Crippen LogP contribution in [0.25, 0.3) is 10.6 Å². The maximum atomic E-state index is 13.4. The van der Waals surface area contributed by atoms with E-state index < -0.39 is 16.1 Å². The molecule has 1 N–H and O–H groups in total. The highest BCUT2D eigenvalue weighted by Gasteiger charge is 2.42. The van der Waals surface area contributed by atoms with Crippen LogP contribution >= 0.6 is 11.3 Å². The lowest BCUT2D eigenvalue weighted by atomic mass is 10.2. The van der Waals surface area contributed by atoms with Crippen LogP contribution in [0.2, 0.25) is 0 Å². The van der Waals surface area contributed by atoms with Gasteiger partial charge in [0.2, 0.25) is 15.9 Å². The van der Waals surface area contributed by atoms with E-state index in [-0.39, 0.29) is 10.8 Å². The van der Waals surface area contributed by atoms with Gasteiger partial charge >= 0.3 is 0 Å². The summed E-state index contributed by atoms with van der Waals surface area (Å²) < 4.78 is 33.5. The number of ether oxygens (including phenoxy) is 1. The lowest BCUT2D eigenvalue weighted by Crippen LogP contribution is -2.50. The van der Waals surface area contributed by atoms with Gasteiger partial charge in [0.1, 0.15) is 11.7 Å². The number of rotatable bonds is 4. The molecule has 4 rings (SSSR count). The number of aromatic nitrogens is 2. The molecule has 0 saturated carbocycles. The summed E-state index contributed by atoms with van der Waals surface area (Å²) in [5.74, 6) is -0.111. The summed E-state index contributed by atoms with van der Waals surface area (Å²) in [5.41, 5.74) is 1.65. The highest BCUT2D eigenvalue weighted by molar-refractivity contribution is 7.89. The molecule has 4 heterocycles. The van der Waals surface area contributed by atoms with E-state index in [2.05, 4.69) is 10.2 Å². The van der Waals surface area contributed by atoms with E-state index in [1.165, 1.54) is 15.6 Å². The van der Waals surface area contributed by atoms with Crippen LogP contribution in [0.5, 0.6) is 0 Å². The van der Waals surface area contributed by atoms with E-state index in [4.69, 9.17) is 4.74 Å². The quantitative estimate of drug-likeness (QED) is 0.807. The van der Waals surface area contributed by atoms with E-state index in [0.717, 1.165) is 16.3 Å². The van der Waals surface area contributed by atoms with Gasteiger partial charge in [-0.15, -0.1) is 11.3 Å². The summed E-state index contributed by atoms with van der Waals surface area (Å²) in [4.78, 5) is 16.5. The molecule has 2 aliphatic heterocycles. The number of carbonyl (C=O) groups is 1.